The summed E-state index contributed by atoms with van der Waals surface area (Å²) in [4.78, 5) is 16.3. The molecular formula is C19H15N3O. The summed E-state index contributed by atoms with van der Waals surface area (Å²) in [5.41, 5.74) is 4.66. The Balaban J connectivity index is 1.62. The first-order chi connectivity index (χ1) is 11.3. The molecular weight excluding hydrogens is 286 g/mol. The van der Waals surface area contributed by atoms with Crippen LogP contribution in [0, 0.1) is 0 Å². The standard InChI is InChI=1S/C19H15N3O/c23-19(18-13-12-16-10-4-5-11-17(16)21-18)22-20-14-6-9-15-7-2-1-3-8-15/h1-14H,(H,22,23)/b9-6+,20-14+. The van der Waals surface area contributed by atoms with Gasteiger partial charge in [-0.15, -0.1) is 0 Å². The topological polar surface area (TPSA) is 54.4 Å². The lowest BCUT2D eigenvalue weighted by Gasteiger charge is -2.01. The number of para-hydroxylation sites is 1. The lowest BCUT2D eigenvalue weighted by molar-refractivity contribution is 0.0950. The number of nitrogens with one attached hydrogen (secondary N) is 1. The number of carbonyl (C=O) groups is 1. The van der Waals surface area contributed by atoms with E-state index in [1.54, 1.807) is 12.1 Å². The van der Waals surface area contributed by atoms with Crippen LogP contribution in [0.15, 0.2) is 77.9 Å². The summed E-state index contributed by atoms with van der Waals surface area (Å²) in [5, 5.41) is 4.89. The second-order valence-corrected chi connectivity index (χ2v) is 4.88. The molecule has 112 valence electrons. The summed E-state index contributed by atoms with van der Waals surface area (Å²) >= 11 is 0. The Morgan fingerprint density at radius 3 is 2.61 bits per heavy atom. The van der Waals surface area contributed by atoms with Crippen LogP contribution in [-0.2, 0) is 0 Å². The number of carbonyl (C=O) groups excluding carboxylic acids is 1. The predicted molar refractivity (Wildman–Crippen MR) is 93.2 cm³/mol. The van der Waals surface area contributed by atoms with Crippen LogP contribution in [-0.4, -0.2) is 17.1 Å². The highest BCUT2D eigenvalue weighted by Crippen LogP contribution is 2.11. The van der Waals surface area contributed by atoms with Gasteiger partial charge in [0.2, 0.25) is 0 Å². The highest BCUT2D eigenvalue weighted by molar-refractivity contribution is 5.95. The summed E-state index contributed by atoms with van der Waals surface area (Å²) in [6, 6.07) is 21.1. The van der Waals surface area contributed by atoms with Gasteiger partial charge in [-0.3, -0.25) is 4.79 Å². The third kappa shape index (κ3) is 3.89. The van der Waals surface area contributed by atoms with E-state index in [9.17, 15) is 4.79 Å². The molecule has 1 aromatic heterocycles. The quantitative estimate of drug-likeness (QED) is 0.590. The Morgan fingerprint density at radius 2 is 1.74 bits per heavy atom. The zero-order valence-corrected chi connectivity index (χ0v) is 12.4. The number of hydrazone groups is 1. The minimum Gasteiger partial charge on any atom is -0.266 e. The van der Waals surface area contributed by atoms with Crippen molar-refractivity contribution < 1.29 is 4.79 Å². The molecule has 0 saturated carbocycles. The minimum absolute atomic E-state index is 0.333. The predicted octanol–water partition coefficient (Wildman–Crippen LogP) is 3.66. The molecule has 4 nitrogen and oxygen atoms in total. The molecule has 4 heteroatoms. The number of aromatic nitrogens is 1. The van der Waals surface area contributed by atoms with Gasteiger partial charge in [-0.1, -0.05) is 60.7 Å². The van der Waals surface area contributed by atoms with Crippen LogP contribution in [0.25, 0.3) is 17.0 Å². The number of hydrogen-bond donors (Lipinski definition) is 1. The van der Waals surface area contributed by atoms with Gasteiger partial charge in [0.15, 0.2) is 0 Å². The molecule has 1 N–H and O–H groups in total. The van der Waals surface area contributed by atoms with Gasteiger partial charge in [0.1, 0.15) is 5.69 Å². The smallest absolute Gasteiger partial charge is 0.266 e. The van der Waals surface area contributed by atoms with E-state index >= 15 is 0 Å². The zero-order chi connectivity index (χ0) is 15.9. The number of fused-ring (bicyclic) bond motifs is 1. The first-order valence-electron chi connectivity index (χ1n) is 7.24. The number of nitrogens with zero attached hydrogens (tertiary/aromatic N) is 2. The molecule has 0 bridgehead atoms. The van der Waals surface area contributed by atoms with Gasteiger partial charge in [0.05, 0.1) is 5.52 Å². The molecule has 2 aromatic carbocycles. The van der Waals surface area contributed by atoms with Crippen LogP contribution in [0.4, 0.5) is 0 Å². The van der Waals surface area contributed by atoms with Crippen LogP contribution in [0.5, 0.6) is 0 Å². The molecule has 3 rings (SSSR count). The Bertz CT molecular complexity index is 870. The summed E-state index contributed by atoms with van der Waals surface area (Å²) in [5.74, 6) is -0.333. The Morgan fingerprint density at radius 1 is 0.957 bits per heavy atom. The summed E-state index contributed by atoms with van der Waals surface area (Å²) in [6.07, 6.45) is 5.21. The SMILES string of the molecule is O=C(N/N=C/C=C/c1ccccc1)c1ccc2ccccc2n1. The molecule has 1 amide bonds. The van der Waals surface area contributed by atoms with E-state index in [0.717, 1.165) is 16.5 Å². The van der Waals surface area contributed by atoms with Crippen molar-refractivity contribution in [2.45, 2.75) is 0 Å². The Labute approximate surface area is 134 Å². The third-order valence-electron chi connectivity index (χ3n) is 3.25. The number of hydrogen-bond acceptors (Lipinski definition) is 3. The van der Waals surface area contributed by atoms with Crippen LogP contribution >= 0.6 is 0 Å². The molecule has 0 saturated heterocycles. The van der Waals surface area contributed by atoms with Gasteiger partial charge in [0.25, 0.3) is 5.91 Å². The van der Waals surface area contributed by atoms with Crippen molar-refractivity contribution in [3.05, 3.63) is 84.1 Å². The minimum atomic E-state index is -0.333. The number of amides is 1. The van der Waals surface area contributed by atoms with Gasteiger partial charge in [0, 0.05) is 11.6 Å². The molecule has 23 heavy (non-hydrogen) atoms. The third-order valence-corrected chi connectivity index (χ3v) is 3.25. The van der Waals surface area contributed by atoms with Crippen molar-refractivity contribution in [3.63, 3.8) is 0 Å². The first kappa shape index (κ1) is 14.7. The van der Waals surface area contributed by atoms with Crippen LogP contribution in [0.2, 0.25) is 0 Å². The Hall–Kier alpha value is -3.27. The second kappa shape index (κ2) is 7.13. The molecule has 0 radical (unpaired) electrons. The van der Waals surface area contributed by atoms with E-state index in [1.807, 2.05) is 66.7 Å². The normalized spacial score (nSPS) is 11.3. The molecule has 0 atom stereocenters. The van der Waals surface area contributed by atoms with Gasteiger partial charge in [-0.05, 0) is 23.8 Å². The fraction of sp³-hybridized carbons (Fsp3) is 0. The molecule has 1 heterocycles. The number of benzene rings is 2. The van der Waals surface area contributed by atoms with Gasteiger partial charge >= 0.3 is 0 Å². The highest BCUT2D eigenvalue weighted by Gasteiger charge is 2.06. The van der Waals surface area contributed by atoms with Crippen molar-refractivity contribution in [3.8, 4) is 0 Å². The number of pyridine rings is 1. The van der Waals surface area contributed by atoms with Crippen molar-refractivity contribution >= 4 is 29.1 Å². The van der Waals surface area contributed by atoms with E-state index in [-0.39, 0.29) is 5.91 Å². The molecule has 0 unspecified atom stereocenters. The van der Waals surface area contributed by atoms with Gasteiger partial charge < -0.3 is 0 Å². The Kier molecular flexibility index (Phi) is 4.55. The van der Waals surface area contributed by atoms with E-state index in [0.29, 0.717) is 5.69 Å². The zero-order valence-electron chi connectivity index (χ0n) is 12.4. The van der Waals surface area contributed by atoms with E-state index in [2.05, 4.69) is 15.5 Å². The van der Waals surface area contributed by atoms with Crippen LogP contribution in [0.3, 0.4) is 0 Å². The average molecular weight is 301 g/mol. The van der Waals surface area contributed by atoms with Crippen molar-refractivity contribution in [2.75, 3.05) is 0 Å². The van der Waals surface area contributed by atoms with Crippen molar-refractivity contribution in [2.24, 2.45) is 5.10 Å². The molecule has 0 aliphatic carbocycles. The lowest BCUT2D eigenvalue weighted by Crippen LogP contribution is -2.18. The van der Waals surface area contributed by atoms with E-state index in [4.69, 9.17) is 0 Å². The van der Waals surface area contributed by atoms with E-state index in [1.165, 1.54) is 6.21 Å². The monoisotopic (exact) mass is 301 g/mol. The lowest BCUT2D eigenvalue weighted by atomic mass is 10.2. The van der Waals surface area contributed by atoms with Crippen molar-refractivity contribution in [1.82, 2.24) is 10.4 Å². The summed E-state index contributed by atoms with van der Waals surface area (Å²) in [6.45, 7) is 0. The summed E-state index contributed by atoms with van der Waals surface area (Å²) in [7, 11) is 0. The molecule has 0 fully saturated rings. The molecule has 3 aromatic rings. The number of allylic oxidation sites excluding steroid dienone is 1. The first-order valence-corrected chi connectivity index (χ1v) is 7.24. The molecule has 0 aliphatic rings. The summed E-state index contributed by atoms with van der Waals surface area (Å²) < 4.78 is 0. The fourth-order valence-electron chi connectivity index (χ4n) is 2.11. The van der Waals surface area contributed by atoms with Crippen LogP contribution in [0.1, 0.15) is 16.1 Å². The van der Waals surface area contributed by atoms with Crippen molar-refractivity contribution in [1.29, 1.82) is 0 Å². The largest absolute Gasteiger partial charge is 0.289 e. The maximum absolute atomic E-state index is 12.0. The maximum atomic E-state index is 12.0. The van der Waals surface area contributed by atoms with E-state index < -0.39 is 0 Å². The molecule has 0 spiro atoms. The average Bonchev–Trinajstić information content (AvgIpc) is 2.61. The second-order valence-electron chi connectivity index (χ2n) is 4.88. The van der Waals surface area contributed by atoms with Gasteiger partial charge in [-0.2, -0.15) is 5.10 Å². The van der Waals surface area contributed by atoms with Crippen LogP contribution < -0.4 is 5.43 Å². The maximum Gasteiger partial charge on any atom is 0.289 e. The highest BCUT2D eigenvalue weighted by atomic mass is 16.2. The fourth-order valence-corrected chi connectivity index (χ4v) is 2.11. The molecule has 0 aliphatic heterocycles. The van der Waals surface area contributed by atoms with Gasteiger partial charge in [-0.25, -0.2) is 10.4 Å². The number of rotatable bonds is 4.